The van der Waals surface area contributed by atoms with Crippen molar-refractivity contribution in [3.8, 4) is 11.8 Å². The molecule has 1 aliphatic rings. The van der Waals surface area contributed by atoms with Crippen molar-refractivity contribution in [2.24, 2.45) is 0 Å². The van der Waals surface area contributed by atoms with Crippen molar-refractivity contribution in [1.29, 1.82) is 5.26 Å². The van der Waals surface area contributed by atoms with Crippen LogP contribution in [0.15, 0.2) is 42.6 Å². The van der Waals surface area contributed by atoms with Crippen LogP contribution in [0.2, 0.25) is 0 Å². The molecule has 23 heavy (non-hydrogen) atoms. The van der Waals surface area contributed by atoms with E-state index in [0.29, 0.717) is 22.8 Å². The van der Waals surface area contributed by atoms with E-state index in [1.54, 1.807) is 36.4 Å². The minimum Gasteiger partial charge on any atom is -0.480 e. The molecule has 2 heterocycles. The Kier molecular flexibility index (Phi) is 3.89. The molecule has 0 fully saturated rings. The lowest BCUT2D eigenvalue weighted by Crippen LogP contribution is -2.43. The van der Waals surface area contributed by atoms with Crippen LogP contribution in [-0.4, -0.2) is 29.9 Å². The largest absolute Gasteiger partial charge is 0.480 e. The standard InChI is InChI=1S/C16H12N4O3/c17-8-11-3-1-4-12(7-11)19-14(21)9-20-15(22)10-23-13-5-2-6-18-16(13)20/h1-7H,9-10H2,(H,19,21). The van der Waals surface area contributed by atoms with E-state index in [1.165, 1.54) is 11.1 Å². The number of amides is 2. The molecule has 0 radical (unpaired) electrons. The monoisotopic (exact) mass is 308 g/mol. The molecular weight excluding hydrogens is 296 g/mol. The molecule has 2 aromatic rings. The lowest BCUT2D eigenvalue weighted by atomic mass is 10.2. The van der Waals surface area contributed by atoms with E-state index in [2.05, 4.69) is 10.3 Å². The third-order valence-corrected chi connectivity index (χ3v) is 3.24. The molecule has 1 aliphatic heterocycles. The Morgan fingerprint density at radius 3 is 3.09 bits per heavy atom. The number of nitrogens with one attached hydrogen (secondary N) is 1. The molecule has 1 aromatic heterocycles. The summed E-state index contributed by atoms with van der Waals surface area (Å²) in [7, 11) is 0. The maximum Gasteiger partial charge on any atom is 0.266 e. The first-order valence-corrected chi connectivity index (χ1v) is 6.85. The van der Waals surface area contributed by atoms with E-state index in [1.807, 2.05) is 6.07 Å². The average Bonchev–Trinajstić information content (AvgIpc) is 2.57. The second-order valence-electron chi connectivity index (χ2n) is 4.83. The molecule has 3 rings (SSSR count). The number of hydrogen-bond acceptors (Lipinski definition) is 5. The van der Waals surface area contributed by atoms with Gasteiger partial charge in [0.2, 0.25) is 5.91 Å². The van der Waals surface area contributed by atoms with Crippen molar-refractivity contribution in [2.75, 3.05) is 23.4 Å². The smallest absolute Gasteiger partial charge is 0.266 e. The molecule has 114 valence electrons. The van der Waals surface area contributed by atoms with Crippen LogP contribution in [0, 0.1) is 11.3 Å². The molecule has 0 spiro atoms. The highest BCUT2D eigenvalue weighted by Gasteiger charge is 2.28. The molecule has 1 N–H and O–H groups in total. The number of hydrogen-bond donors (Lipinski definition) is 1. The third-order valence-electron chi connectivity index (χ3n) is 3.24. The van der Waals surface area contributed by atoms with Crippen LogP contribution in [0.5, 0.6) is 5.75 Å². The van der Waals surface area contributed by atoms with Gasteiger partial charge in [-0.15, -0.1) is 0 Å². The van der Waals surface area contributed by atoms with Crippen LogP contribution >= 0.6 is 0 Å². The molecule has 0 atom stereocenters. The van der Waals surface area contributed by atoms with E-state index in [9.17, 15) is 9.59 Å². The lowest BCUT2D eigenvalue weighted by Gasteiger charge is -2.27. The van der Waals surface area contributed by atoms with Crippen molar-refractivity contribution < 1.29 is 14.3 Å². The zero-order valence-corrected chi connectivity index (χ0v) is 12.0. The Hall–Kier alpha value is -3.40. The number of anilines is 2. The number of fused-ring (bicyclic) bond motifs is 1. The fourth-order valence-corrected chi connectivity index (χ4v) is 2.21. The maximum atomic E-state index is 12.2. The number of pyridine rings is 1. The van der Waals surface area contributed by atoms with Crippen molar-refractivity contribution in [3.05, 3.63) is 48.2 Å². The lowest BCUT2D eigenvalue weighted by molar-refractivity contribution is -0.123. The third kappa shape index (κ3) is 3.11. The van der Waals surface area contributed by atoms with Crippen molar-refractivity contribution in [2.45, 2.75) is 0 Å². The molecule has 0 bridgehead atoms. The van der Waals surface area contributed by atoms with Crippen LogP contribution in [0.1, 0.15) is 5.56 Å². The van der Waals surface area contributed by atoms with E-state index in [4.69, 9.17) is 10.00 Å². The first-order chi connectivity index (χ1) is 11.2. The minimum atomic E-state index is -0.382. The van der Waals surface area contributed by atoms with Crippen molar-refractivity contribution in [1.82, 2.24) is 4.98 Å². The summed E-state index contributed by atoms with van der Waals surface area (Å²) in [5.74, 6) is 0.0696. The highest BCUT2D eigenvalue weighted by Crippen LogP contribution is 2.28. The van der Waals surface area contributed by atoms with Crippen molar-refractivity contribution >= 4 is 23.3 Å². The van der Waals surface area contributed by atoms with Gasteiger partial charge in [0, 0.05) is 11.9 Å². The van der Waals surface area contributed by atoms with Crippen molar-refractivity contribution in [3.63, 3.8) is 0 Å². The van der Waals surface area contributed by atoms with Gasteiger partial charge in [0.05, 0.1) is 11.6 Å². The normalized spacial score (nSPS) is 12.8. The second kappa shape index (κ2) is 6.15. The van der Waals surface area contributed by atoms with Gasteiger partial charge in [-0.1, -0.05) is 6.07 Å². The average molecular weight is 308 g/mol. The summed E-state index contributed by atoms with van der Waals surface area (Å²) in [6.07, 6.45) is 1.53. The van der Waals surface area contributed by atoms with E-state index >= 15 is 0 Å². The second-order valence-corrected chi connectivity index (χ2v) is 4.83. The van der Waals surface area contributed by atoms with Crippen LogP contribution in [0.3, 0.4) is 0 Å². The summed E-state index contributed by atoms with van der Waals surface area (Å²) < 4.78 is 5.27. The minimum absolute atomic E-state index is 0.129. The summed E-state index contributed by atoms with van der Waals surface area (Å²) in [5, 5.41) is 11.5. The first-order valence-electron chi connectivity index (χ1n) is 6.85. The summed E-state index contributed by atoms with van der Waals surface area (Å²) >= 11 is 0. The summed E-state index contributed by atoms with van der Waals surface area (Å²) in [4.78, 5) is 29.5. The number of nitriles is 1. The van der Waals surface area contributed by atoms with E-state index in [0.717, 1.165) is 0 Å². The molecule has 1 aromatic carbocycles. The molecule has 0 saturated heterocycles. The highest BCUT2D eigenvalue weighted by molar-refractivity contribution is 6.04. The first kappa shape index (κ1) is 14.5. The van der Waals surface area contributed by atoms with Gasteiger partial charge < -0.3 is 10.1 Å². The van der Waals surface area contributed by atoms with Gasteiger partial charge >= 0.3 is 0 Å². The molecular formula is C16H12N4O3. The number of carbonyl (C=O) groups is 2. The fraction of sp³-hybridized carbons (Fsp3) is 0.125. The number of carbonyl (C=O) groups excluding carboxylic acids is 2. The van der Waals surface area contributed by atoms with E-state index in [-0.39, 0.29) is 25.0 Å². The number of ether oxygens (including phenoxy) is 1. The zero-order chi connectivity index (χ0) is 16.2. The Morgan fingerprint density at radius 2 is 2.26 bits per heavy atom. The van der Waals surface area contributed by atoms with Gasteiger partial charge in [-0.2, -0.15) is 5.26 Å². The van der Waals surface area contributed by atoms with Crippen LogP contribution in [0.25, 0.3) is 0 Å². The summed E-state index contributed by atoms with van der Waals surface area (Å²) in [6.45, 7) is -0.307. The van der Waals surface area contributed by atoms with Crippen LogP contribution in [0.4, 0.5) is 11.5 Å². The number of benzene rings is 1. The Morgan fingerprint density at radius 1 is 1.39 bits per heavy atom. The number of nitrogens with zero attached hydrogens (tertiary/aromatic N) is 3. The fourth-order valence-electron chi connectivity index (χ4n) is 2.21. The van der Waals surface area contributed by atoms with Gasteiger partial charge in [0.15, 0.2) is 18.2 Å². The molecule has 7 heteroatoms. The van der Waals surface area contributed by atoms with Gasteiger partial charge in [-0.05, 0) is 30.3 Å². The van der Waals surface area contributed by atoms with E-state index < -0.39 is 0 Å². The molecule has 0 aliphatic carbocycles. The van der Waals surface area contributed by atoms with Gasteiger partial charge in [-0.3, -0.25) is 14.5 Å². The van der Waals surface area contributed by atoms with Crippen LogP contribution < -0.4 is 15.0 Å². The summed E-state index contributed by atoms with van der Waals surface area (Å²) in [6, 6.07) is 11.9. The molecule has 2 amide bonds. The highest BCUT2D eigenvalue weighted by atomic mass is 16.5. The molecule has 0 saturated carbocycles. The number of aromatic nitrogens is 1. The van der Waals surface area contributed by atoms with Crippen LogP contribution in [-0.2, 0) is 9.59 Å². The zero-order valence-electron chi connectivity index (χ0n) is 12.0. The van der Waals surface area contributed by atoms with Gasteiger partial charge in [0.1, 0.15) is 6.54 Å². The van der Waals surface area contributed by atoms with Gasteiger partial charge in [-0.25, -0.2) is 4.98 Å². The Labute approximate surface area is 132 Å². The predicted octanol–water partition coefficient (Wildman–Crippen LogP) is 1.32. The number of rotatable bonds is 3. The Bertz CT molecular complexity index is 813. The van der Waals surface area contributed by atoms with Gasteiger partial charge in [0.25, 0.3) is 5.91 Å². The summed E-state index contributed by atoms with van der Waals surface area (Å²) in [5.41, 5.74) is 0.938. The SMILES string of the molecule is N#Cc1cccc(NC(=O)CN2C(=O)COc3cccnc32)c1. The topological polar surface area (TPSA) is 95.3 Å². The molecule has 0 unspecified atom stereocenters. The predicted molar refractivity (Wildman–Crippen MR) is 81.9 cm³/mol. The quantitative estimate of drug-likeness (QED) is 0.922. The molecule has 7 nitrogen and oxygen atoms in total. The Balaban J connectivity index is 1.75. The maximum absolute atomic E-state index is 12.2.